The van der Waals surface area contributed by atoms with Crippen molar-refractivity contribution in [3.8, 4) is 0 Å². The molecule has 0 aliphatic carbocycles. The molecule has 0 saturated heterocycles. The molecule has 0 aromatic carbocycles. The minimum atomic E-state index is -0.830. The summed E-state index contributed by atoms with van der Waals surface area (Å²) in [7, 11) is 0. The van der Waals surface area contributed by atoms with Gasteiger partial charge in [-0.3, -0.25) is 4.79 Å². The molecule has 0 bridgehead atoms. The summed E-state index contributed by atoms with van der Waals surface area (Å²) < 4.78 is 0. The van der Waals surface area contributed by atoms with E-state index >= 15 is 0 Å². The van der Waals surface area contributed by atoms with E-state index in [1.54, 1.807) is 6.08 Å². The van der Waals surface area contributed by atoms with E-state index in [9.17, 15) is 15.0 Å². The van der Waals surface area contributed by atoms with E-state index < -0.39 is 12.1 Å². The molecule has 292 valence electrons. The van der Waals surface area contributed by atoms with Crippen molar-refractivity contribution in [2.45, 2.75) is 264 Å². The van der Waals surface area contributed by atoms with Gasteiger partial charge in [-0.05, 0) is 19.3 Å². The predicted molar refractivity (Wildman–Crippen MR) is 216 cm³/mol. The van der Waals surface area contributed by atoms with Crippen molar-refractivity contribution < 1.29 is 15.0 Å². The summed E-state index contributed by atoms with van der Waals surface area (Å²) in [6.45, 7) is 4.23. The van der Waals surface area contributed by atoms with E-state index in [0.29, 0.717) is 6.42 Å². The highest BCUT2D eigenvalue weighted by atomic mass is 16.3. The quantitative estimate of drug-likeness (QED) is 0.0441. The highest BCUT2D eigenvalue weighted by Crippen LogP contribution is 2.17. The summed E-state index contributed by atoms with van der Waals surface area (Å²) in [6.07, 6.45) is 52.4. The van der Waals surface area contributed by atoms with Crippen LogP contribution in [-0.2, 0) is 4.79 Å². The lowest BCUT2D eigenvalue weighted by Gasteiger charge is -2.20. The number of hydrogen-bond acceptors (Lipinski definition) is 3. The van der Waals surface area contributed by atoms with Crippen LogP contribution in [0.15, 0.2) is 12.2 Å². The lowest BCUT2D eigenvalue weighted by atomic mass is 10.0. The second-order valence-electron chi connectivity index (χ2n) is 15.5. The van der Waals surface area contributed by atoms with E-state index in [4.69, 9.17) is 0 Å². The third-order valence-corrected chi connectivity index (χ3v) is 10.5. The van der Waals surface area contributed by atoms with Crippen molar-refractivity contribution in [1.82, 2.24) is 5.32 Å². The normalized spacial score (nSPS) is 13.0. The molecule has 4 nitrogen and oxygen atoms in total. The van der Waals surface area contributed by atoms with Crippen molar-refractivity contribution in [2.75, 3.05) is 6.61 Å². The average molecular weight is 692 g/mol. The third kappa shape index (κ3) is 38.2. The Morgan fingerprint density at radius 1 is 0.469 bits per heavy atom. The molecule has 2 unspecified atom stereocenters. The number of carbonyl (C=O) groups is 1. The van der Waals surface area contributed by atoms with Gasteiger partial charge in [0.05, 0.1) is 18.8 Å². The SMILES string of the molecule is CCCCC/C=C/C(O)C(CO)NC(=O)CCCCCCCCCCCCCCCCCCCCCCCCCCCCCCCCCC. The van der Waals surface area contributed by atoms with Gasteiger partial charge in [0.15, 0.2) is 0 Å². The monoisotopic (exact) mass is 692 g/mol. The molecule has 0 radical (unpaired) electrons. The molecule has 1 amide bonds. The van der Waals surface area contributed by atoms with Crippen LogP contribution < -0.4 is 5.32 Å². The summed E-state index contributed by atoms with van der Waals surface area (Å²) >= 11 is 0. The molecule has 0 aliphatic heterocycles. The van der Waals surface area contributed by atoms with Crippen molar-refractivity contribution in [3.63, 3.8) is 0 Å². The third-order valence-electron chi connectivity index (χ3n) is 10.5. The molecule has 0 rings (SSSR count). The van der Waals surface area contributed by atoms with Crippen LogP contribution in [0.5, 0.6) is 0 Å². The van der Waals surface area contributed by atoms with Crippen LogP contribution in [0.3, 0.4) is 0 Å². The summed E-state index contributed by atoms with van der Waals surface area (Å²) in [6, 6.07) is -0.613. The standard InChI is InChI=1S/C45H89NO3/c1-3-5-7-9-10-11-12-13-14-15-16-17-18-19-20-21-22-23-24-25-26-27-28-29-30-31-32-33-34-35-37-39-41-45(49)46-43(42-47)44(48)40-38-36-8-6-4-2/h38,40,43-44,47-48H,3-37,39,41-42H2,1-2H3,(H,46,49)/b40-38+. The zero-order chi connectivity index (χ0) is 35.7. The molecule has 0 aliphatic rings. The van der Waals surface area contributed by atoms with Gasteiger partial charge in [0.2, 0.25) is 5.91 Å². The number of nitrogens with one attached hydrogen (secondary N) is 1. The van der Waals surface area contributed by atoms with Crippen molar-refractivity contribution in [2.24, 2.45) is 0 Å². The molecule has 4 heteroatoms. The predicted octanol–water partition coefficient (Wildman–Crippen LogP) is 13.9. The Morgan fingerprint density at radius 3 is 1.06 bits per heavy atom. The van der Waals surface area contributed by atoms with Crippen LogP contribution in [0.2, 0.25) is 0 Å². The van der Waals surface area contributed by atoms with Gasteiger partial charge in [-0.2, -0.15) is 0 Å². The number of allylic oxidation sites excluding steroid dienone is 1. The zero-order valence-corrected chi connectivity index (χ0v) is 33.5. The first-order valence-electron chi connectivity index (χ1n) is 22.4. The first-order chi connectivity index (χ1) is 24.2. The molecule has 0 aromatic rings. The highest BCUT2D eigenvalue weighted by Gasteiger charge is 2.17. The Bertz CT molecular complexity index is 666. The molecular formula is C45H89NO3. The molecule has 0 heterocycles. The van der Waals surface area contributed by atoms with Gasteiger partial charge >= 0.3 is 0 Å². The number of aliphatic hydroxyl groups excluding tert-OH is 2. The lowest BCUT2D eigenvalue weighted by molar-refractivity contribution is -0.123. The van der Waals surface area contributed by atoms with Crippen molar-refractivity contribution >= 4 is 5.91 Å². The molecule has 0 fully saturated rings. The average Bonchev–Trinajstić information content (AvgIpc) is 3.10. The van der Waals surface area contributed by atoms with E-state index in [1.165, 1.54) is 205 Å². The topological polar surface area (TPSA) is 69.6 Å². The number of aliphatic hydroxyl groups is 2. The fourth-order valence-corrected chi connectivity index (χ4v) is 7.06. The number of amides is 1. The fraction of sp³-hybridized carbons (Fsp3) is 0.933. The maximum absolute atomic E-state index is 12.2. The van der Waals surface area contributed by atoms with E-state index in [-0.39, 0.29) is 12.5 Å². The largest absolute Gasteiger partial charge is 0.394 e. The van der Waals surface area contributed by atoms with Gasteiger partial charge in [-0.1, -0.05) is 238 Å². The van der Waals surface area contributed by atoms with Crippen LogP contribution >= 0.6 is 0 Å². The maximum atomic E-state index is 12.2. The van der Waals surface area contributed by atoms with Crippen LogP contribution in [0.1, 0.15) is 251 Å². The minimum absolute atomic E-state index is 0.0666. The van der Waals surface area contributed by atoms with Crippen LogP contribution in [0, 0.1) is 0 Å². The zero-order valence-electron chi connectivity index (χ0n) is 33.5. The van der Waals surface area contributed by atoms with Crippen LogP contribution in [-0.4, -0.2) is 34.9 Å². The molecule has 0 spiro atoms. The number of rotatable bonds is 41. The molecule has 0 aromatic heterocycles. The second-order valence-corrected chi connectivity index (χ2v) is 15.5. The van der Waals surface area contributed by atoms with Crippen LogP contribution in [0.4, 0.5) is 0 Å². The van der Waals surface area contributed by atoms with Gasteiger partial charge in [0, 0.05) is 6.42 Å². The minimum Gasteiger partial charge on any atom is -0.394 e. The lowest BCUT2D eigenvalue weighted by Crippen LogP contribution is -2.45. The second kappa shape index (κ2) is 41.5. The van der Waals surface area contributed by atoms with E-state index in [1.807, 2.05) is 6.08 Å². The van der Waals surface area contributed by atoms with E-state index in [2.05, 4.69) is 19.2 Å². The maximum Gasteiger partial charge on any atom is 0.220 e. The van der Waals surface area contributed by atoms with Gasteiger partial charge in [0.1, 0.15) is 0 Å². The number of unbranched alkanes of at least 4 members (excludes halogenated alkanes) is 34. The smallest absolute Gasteiger partial charge is 0.220 e. The first-order valence-corrected chi connectivity index (χ1v) is 22.4. The Balaban J connectivity index is 3.29. The van der Waals surface area contributed by atoms with Gasteiger partial charge in [-0.15, -0.1) is 0 Å². The first kappa shape index (κ1) is 48.1. The molecular weight excluding hydrogens is 602 g/mol. The van der Waals surface area contributed by atoms with Gasteiger partial charge in [0.25, 0.3) is 0 Å². The Morgan fingerprint density at radius 2 is 0.755 bits per heavy atom. The number of hydrogen-bond donors (Lipinski definition) is 3. The van der Waals surface area contributed by atoms with Crippen molar-refractivity contribution in [1.29, 1.82) is 0 Å². The highest BCUT2D eigenvalue weighted by molar-refractivity contribution is 5.76. The summed E-state index contributed by atoms with van der Waals surface area (Å²) in [5.74, 6) is -0.0666. The molecule has 2 atom stereocenters. The Hall–Kier alpha value is -0.870. The number of carbonyl (C=O) groups excluding carboxylic acids is 1. The summed E-state index contributed by atoms with van der Waals surface area (Å²) in [5.41, 5.74) is 0. The van der Waals surface area contributed by atoms with Gasteiger partial charge in [-0.25, -0.2) is 0 Å². The summed E-state index contributed by atoms with van der Waals surface area (Å²) in [4.78, 5) is 12.2. The van der Waals surface area contributed by atoms with Crippen molar-refractivity contribution in [3.05, 3.63) is 12.2 Å². The summed E-state index contributed by atoms with van der Waals surface area (Å²) in [5, 5.41) is 22.6. The molecule has 3 N–H and O–H groups in total. The molecule has 0 saturated carbocycles. The Kier molecular flexibility index (Phi) is 40.8. The van der Waals surface area contributed by atoms with E-state index in [0.717, 1.165) is 25.7 Å². The fourth-order valence-electron chi connectivity index (χ4n) is 7.06. The Labute approximate surface area is 307 Å². The van der Waals surface area contributed by atoms with Crippen LogP contribution in [0.25, 0.3) is 0 Å². The van der Waals surface area contributed by atoms with Gasteiger partial charge < -0.3 is 15.5 Å². The molecule has 49 heavy (non-hydrogen) atoms.